The van der Waals surface area contributed by atoms with Gasteiger partial charge in [-0.2, -0.15) is 0 Å². The van der Waals surface area contributed by atoms with Crippen molar-refractivity contribution < 1.29 is 0 Å². The van der Waals surface area contributed by atoms with Gasteiger partial charge in [0.2, 0.25) is 0 Å². The lowest BCUT2D eigenvalue weighted by Gasteiger charge is -2.04. The standard InChI is InChI=1S/C8H9Br2NS/c9-7-6(11-8(10)12-7)5-3-1-2-4-5/h5H,1-4H2. The first kappa shape index (κ1) is 9.16. The molecule has 1 nitrogen and oxygen atoms in total. The molecule has 1 aromatic rings. The second kappa shape index (κ2) is 3.76. The molecule has 0 N–H and O–H groups in total. The van der Waals surface area contributed by atoms with Crippen molar-refractivity contribution in [2.45, 2.75) is 31.6 Å². The fraction of sp³-hybridized carbons (Fsp3) is 0.625. The van der Waals surface area contributed by atoms with Crippen LogP contribution in [0, 0.1) is 0 Å². The average Bonchev–Trinajstić information content (AvgIpc) is 2.58. The van der Waals surface area contributed by atoms with Gasteiger partial charge in [0.1, 0.15) is 0 Å². The minimum Gasteiger partial charge on any atom is -0.233 e. The van der Waals surface area contributed by atoms with E-state index in [1.54, 1.807) is 11.3 Å². The summed E-state index contributed by atoms with van der Waals surface area (Å²) in [4.78, 5) is 4.48. The Morgan fingerprint density at radius 2 is 1.92 bits per heavy atom. The third-order valence-electron chi connectivity index (χ3n) is 2.33. The number of halogens is 2. The Morgan fingerprint density at radius 1 is 1.25 bits per heavy atom. The van der Waals surface area contributed by atoms with Crippen LogP contribution in [-0.4, -0.2) is 4.98 Å². The molecule has 0 amide bonds. The number of rotatable bonds is 1. The third-order valence-corrected chi connectivity index (χ3v) is 4.53. The number of nitrogens with zero attached hydrogens (tertiary/aromatic N) is 1. The lowest BCUT2D eigenvalue weighted by Crippen LogP contribution is -1.92. The largest absolute Gasteiger partial charge is 0.233 e. The second-order valence-electron chi connectivity index (χ2n) is 3.11. The first-order valence-electron chi connectivity index (χ1n) is 4.09. The molecule has 0 unspecified atom stereocenters. The van der Waals surface area contributed by atoms with Gasteiger partial charge in [0.25, 0.3) is 0 Å². The molecule has 0 spiro atoms. The minimum atomic E-state index is 0.710. The molecule has 1 saturated carbocycles. The number of hydrogen-bond donors (Lipinski definition) is 0. The van der Waals surface area contributed by atoms with Crippen molar-refractivity contribution in [2.75, 3.05) is 0 Å². The zero-order valence-corrected chi connectivity index (χ0v) is 10.5. The SMILES string of the molecule is Brc1nc(C2CCCC2)c(Br)s1. The topological polar surface area (TPSA) is 12.9 Å². The molecule has 66 valence electrons. The molecule has 1 fully saturated rings. The molecular weight excluding hydrogens is 302 g/mol. The van der Waals surface area contributed by atoms with Crippen molar-refractivity contribution in [3.05, 3.63) is 13.4 Å². The van der Waals surface area contributed by atoms with Crippen molar-refractivity contribution in [3.8, 4) is 0 Å². The van der Waals surface area contributed by atoms with Crippen LogP contribution in [0.2, 0.25) is 0 Å². The maximum atomic E-state index is 4.48. The number of aromatic nitrogens is 1. The number of hydrogen-bond acceptors (Lipinski definition) is 2. The fourth-order valence-corrected chi connectivity index (χ4v) is 4.55. The van der Waals surface area contributed by atoms with Crippen molar-refractivity contribution in [1.29, 1.82) is 0 Å². The fourth-order valence-electron chi connectivity index (χ4n) is 1.74. The van der Waals surface area contributed by atoms with Gasteiger partial charge in [-0.05, 0) is 44.7 Å². The molecule has 1 aliphatic rings. The smallest absolute Gasteiger partial charge is 0.160 e. The minimum absolute atomic E-state index is 0.710. The summed E-state index contributed by atoms with van der Waals surface area (Å²) in [5.41, 5.74) is 1.27. The van der Waals surface area contributed by atoms with E-state index in [9.17, 15) is 0 Å². The molecule has 1 heterocycles. The van der Waals surface area contributed by atoms with Gasteiger partial charge in [-0.1, -0.05) is 24.2 Å². The second-order valence-corrected chi connectivity index (χ2v) is 6.70. The molecule has 0 atom stereocenters. The van der Waals surface area contributed by atoms with Crippen LogP contribution < -0.4 is 0 Å². The summed E-state index contributed by atoms with van der Waals surface area (Å²) in [7, 11) is 0. The molecule has 2 rings (SSSR count). The third kappa shape index (κ3) is 1.75. The highest BCUT2D eigenvalue weighted by molar-refractivity contribution is 9.12. The van der Waals surface area contributed by atoms with Crippen LogP contribution in [-0.2, 0) is 0 Å². The molecule has 1 aliphatic carbocycles. The Balaban J connectivity index is 2.25. The van der Waals surface area contributed by atoms with Gasteiger partial charge in [-0.3, -0.25) is 0 Å². The van der Waals surface area contributed by atoms with E-state index in [1.807, 2.05) is 0 Å². The lowest BCUT2D eigenvalue weighted by atomic mass is 10.1. The Labute approximate surface area is 92.8 Å². The Hall–Kier alpha value is 0.590. The monoisotopic (exact) mass is 309 g/mol. The highest BCUT2D eigenvalue weighted by atomic mass is 79.9. The van der Waals surface area contributed by atoms with Crippen LogP contribution in [0.1, 0.15) is 37.3 Å². The molecule has 0 aromatic carbocycles. The lowest BCUT2D eigenvalue weighted by molar-refractivity contribution is 0.698. The van der Waals surface area contributed by atoms with Crippen LogP contribution in [0.5, 0.6) is 0 Å². The van der Waals surface area contributed by atoms with Crippen molar-refractivity contribution >= 4 is 43.2 Å². The van der Waals surface area contributed by atoms with E-state index in [0.717, 1.165) is 3.92 Å². The summed E-state index contributed by atoms with van der Waals surface area (Å²) in [5.74, 6) is 0.710. The zero-order chi connectivity index (χ0) is 8.55. The molecule has 0 aliphatic heterocycles. The van der Waals surface area contributed by atoms with Crippen LogP contribution in [0.15, 0.2) is 7.70 Å². The Bertz CT molecular complexity index is 279. The van der Waals surface area contributed by atoms with Crippen LogP contribution in [0.4, 0.5) is 0 Å². The highest BCUT2D eigenvalue weighted by Crippen LogP contribution is 2.40. The van der Waals surface area contributed by atoms with Crippen LogP contribution in [0.25, 0.3) is 0 Å². The molecule has 0 saturated heterocycles. The van der Waals surface area contributed by atoms with Crippen molar-refractivity contribution in [3.63, 3.8) is 0 Å². The van der Waals surface area contributed by atoms with Gasteiger partial charge < -0.3 is 0 Å². The van der Waals surface area contributed by atoms with Gasteiger partial charge >= 0.3 is 0 Å². The summed E-state index contributed by atoms with van der Waals surface area (Å²) in [5, 5.41) is 0. The van der Waals surface area contributed by atoms with E-state index in [-0.39, 0.29) is 0 Å². The Kier molecular flexibility index (Phi) is 2.87. The maximum absolute atomic E-state index is 4.48. The summed E-state index contributed by atoms with van der Waals surface area (Å²) in [6.07, 6.45) is 5.36. The highest BCUT2D eigenvalue weighted by Gasteiger charge is 2.22. The van der Waals surface area contributed by atoms with E-state index in [2.05, 4.69) is 36.8 Å². The Morgan fingerprint density at radius 3 is 2.42 bits per heavy atom. The molecule has 0 bridgehead atoms. The molecule has 0 radical (unpaired) electrons. The van der Waals surface area contributed by atoms with Crippen molar-refractivity contribution in [1.82, 2.24) is 4.98 Å². The van der Waals surface area contributed by atoms with Gasteiger partial charge in [-0.15, -0.1) is 0 Å². The normalized spacial score (nSPS) is 18.8. The predicted octanol–water partition coefficient (Wildman–Crippen LogP) is 4.33. The first-order valence-corrected chi connectivity index (χ1v) is 6.49. The van der Waals surface area contributed by atoms with Gasteiger partial charge in [0, 0.05) is 5.92 Å². The average molecular weight is 311 g/mol. The molecular formula is C8H9Br2NS. The quantitative estimate of drug-likeness (QED) is 0.752. The van der Waals surface area contributed by atoms with Gasteiger partial charge in [-0.25, -0.2) is 4.98 Å². The van der Waals surface area contributed by atoms with Crippen LogP contribution >= 0.6 is 43.2 Å². The van der Waals surface area contributed by atoms with Gasteiger partial charge in [0.05, 0.1) is 9.48 Å². The first-order chi connectivity index (χ1) is 5.77. The van der Waals surface area contributed by atoms with E-state index in [0.29, 0.717) is 5.92 Å². The summed E-state index contributed by atoms with van der Waals surface area (Å²) in [6, 6.07) is 0. The maximum Gasteiger partial charge on any atom is 0.160 e. The zero-order valence-electron chi connectivity index (χ0n) is 6.52. The molecule has 4 heteroatoms. The van der Waals surface area contributed by atoms with E-state index < -0.39 is 0 Å². The molecule has 12 heavy (non-hydrogen) atoms. The van der Waals surface area contributed by atoms with Gasteiger partial charge in [0.15, 0.2) is 3.92 Å². The predicted molar refractivity (Wildman–Crippen MR) is 58.7 cm³/mol. The summed E-state index contributed by atoms with van der Waals surface area (Å²) in [6.45, 7) is 0. The number of thiazole rings is 1. The van der Waals surface area contributed by atoms with E-state index in [1.165, 1.54) is 35.2 Å². The van der Waals surface area contributed by atoms with Crippen molar-refractivity contribution in [2.24, 2.45) is 0 Å². The van der Waals surface area contributed by atoms with E-state index >= 15 is 0 Å². The van der Waals surface area contributed by atoms with Crippen LogP contribution in [0.3, 0.4) is 0 Å². The van der Waals surface area contributed by atoms with E-state index in [4.69, 9.17) is 0 Å². The molecule has 1 aromatic heterocycles. The summed E-state index contributed by atoms with van der Waals surface area (Å²) >= 11 is 8.64. The summed E-state index contributed by atoms with van der Waals surface area (Å²) < 4.78 is 2.21.